The lowest BCUT2D eigenvalue weighted by molar-refractivity contribution is 0.258. The van der Waals surface area contributed by atoms with Crippen molar-refractivity contribution >= 4 is 23.4 Å². The molecule has 2 rings (SSSR count). The normalized spacial score (nSPS) is 12.4. The van der Waals surface area contributed by atoms with Gasteiger partial charge in [-0.15, -0.1) is 0 Å². The van der Waals surface area contributed by atoms with Crippen molar-refractivity contribution in [3.8, 4) is 5.75 Å². The van der Waals surface area contributed by atoms with Gasteiger partial charge in [-0.3, -0.25) is 0 Å². The summed E-state index contributed by atoms with van der Waals surface area (Å²) in [6, 6.07) is 13.9. The number of hydrogen-bond donors (Lipinski definition) is 2. The van der Waals surface area contributed by atoms with Crippen LogP contribution < -0.4 is 10.5 Å². The summed E-state index contributed by atoms with van der Waals surface area (Å²) in [4.78, 5) is 2.15. The highest BCUT2D eigenvalue weighted by molar-refractivity contribution is 7.99. The first kappa shape index (κ1) is 23.3. The van der Waals surface area contributed by atoms with Gasteiger partial charge in [-0.25, -0.2) is 0 Å². The Labute approximate surface area is 182 Å². The highest BCUT2D eigenvalue weighted by Crippen LogP contribution is 2.33. The SMILES string of the molecule is C=C/C=C(\C=C)COc1cccc(Sc2ccc(CCCC(N)CO)c(Cl)c2)c1. The number of aryl methyl sites for hydroxylation is 1. The summed E-state index contributed by atoms with van der Waals surface area (Å²) in [5, 5.41) is 9.76. The molecule has 0 saturated heterocycles. The van der Waals surface area contributed by atoms with Crippen LogP contribution in [0.1, 0.15) is 18.4 Å². The lowest BCUT2D eigenvalue weighted by Gasteiger charge is -2.11. The molecule has 154 valence electrons. The molecule has 0 aliphatic rings. The minimum Gasteiger partial charge on any atom is -0.489 e. The third-order valence-corrected chi connectivity index (χ3v) is 5.65. The van der Waals surface area contributed by atoms with Gasteiger partial charge in [0.1, 0.15) is 12.4 Å². The minimum absolute atomic E-state index is 0.0194. The van der Waals surface area contributed by atoms with Crippen LogP contribution in [0.5, 0.6) is 5.75 Å². The van der Waals surface area contributed by atoms with E-state index < -0.39 is 0 Å². The van der Waals surface area contributed by atoms with E-state index in [9.17, 15) is 0 Å². The van der Waals surface area contributed by atoms with Gasteiger partial charge in [0.25, 0.3) is 0 Å². The molecule has 2 aromatic rings. The number of nitrogens with two attached hydrogens (primary N) is 1. The van der Waals surface area contributed by atoms with Gasteiger partial charge in [-0.05, 0) is 60.7 Å². The van der Waals surface area contributed by atoms with Crippen molar-refractivity contribution in [2.75, 3.05) is 13.2 Å². The van der Waals surface area contributed by atoms with Crippen molar-refractivity contribution in [2.24, 2.45) is 5.73 Å². The molecular formula is C24H28ClNO2S. The Morgan fingerprint density at radius 3 is 2.69 bits per heavy atom. The van der Waals surface area contributed by atoms with E-state index in [0.29, 0.717) is 6.61 Å². The summed E-state index contributed by atoms with van der Waals surface area (Å²) in [6.07, 6.45) is 7.91. The fraction of sp³-hybridized carbons (Fsp3) is 0.250. The highest BCUT2D eigenvalue weighted by atomic mass is 35.5. The summed E-state index contributed by atoms with van der Waals surface area (Å²) in [5.41, 5.74) is 7.82. The Balaban J connectivity index is 1.97. The molecule has 0 aliphatic carbocycles. The molecule has 5 heteroatoms. The quantitative estimate of drug-likeness (QED) is 0.418. The second kappa shape index (κ2) is 12.6. The molecule has 1 unspecified atom stereocenters. The Kier molecular flexibility index (Phi) is 10.1. The summed E-state index contributed by atoms with van der Waals surface area (Å²) >= 11 is 8.10. The second-order valence-corrected chi connectivity index (χ2v) is 8.19. The molecule has 3 N–H and O–H groups in total. The number of aliphatic hydroxyl groups excluding tert-OH is 1. The maximum atomic E-state index is 9.01. The molecule has 0 aliphatic heterocycles. The van der Waals surface area contributed by atoms with Crippen LogP contribution >= 0.6 is 23.4 Å². The highest BCUT2D eigenvalue weighted by Gasteiger charge is 2.07. The van der Waals surface area contributed by atoms with E-state index in [0.717, 1.165) is 51.0 Å². The van der Waals surface area contributed by atoms with Gasteiger partial charge < -0.3 is 15.6 Å². The van der Waals surface area contributed by atoms with Crippen LogP contribution in [0.25, 0.3) is 0 Å². The third-order valence-electron chi connectivity index (χ3n) is 4.32. The summed E-state index contributed by atoms with van der Waals surface area (Å²) in [6.45, 7) is 7.95. The van der Waals surface area contributed by atoms with Crippen LogP contribution in [0.3, 0.4) is 0 Å². The number of halogens is 1. The van der Waals surface area contributed by atoms with Crippen molar-refractivity contribution in [3.05, 3.63) is 90.0 Å². The number of ether oxygens (including phenoxy) is 1. The zero-order valence-electron chi connectivity index (χ0n) is 16.5. The lowest BCUT2D eigenvalue weighted by Crippen LogP contribution is -2.24. The first-order chi connectivity index (χ1) is 14.0. The zero-order valence-corrected chi connectivity index (χ0v) is 18.1. The van der Waals surface area contributed by atoms with E-state index in [1.54, 1.807) is 23.9 Å². The predicted molar refractivity (Wildman–Crippen MR) is 124 cm³/mol. The first-order valence-electron chi connectivity index (χ1n) is 9.55. The maximum absolute atomic E-state index is 9.01. The molecule has 29 heavy (non-hydrogen) atoms. The van der Waals surface area contributed by atoms with Crippen LogP contribution in [-0.2, 0) is 6.42 Å². The largest absolute Gasteiger partial charge is 0.489 e. The Morgan fingerprint density at radius 1 is 1.21 bits per heavy atom. The van der Waals surface area contributed by atoms with E-state index in [4.69, 9.17) is 27.2 Å². The molecule has 0 spiro atoms. The first-order valence-corrected chi connectivity index (χ1v) is 10.7. The summed E-state index contributed by atoms with van der Waals surface area (Å²) in [7, 11) is 0. The molecule has 2 aromatic carbocycles. The van der Waals surface area contributed by atoms with Crippen LogP contribution in [-0.4, -0.2) is 24.4 Å². The Morgan fingerprint density at radius 2 is 2.00 bits per heavy atom. The van der Waals surface area contributed by atoms with Crippen LogP contribution in [0.15, 0.2) is 89.2 Å². The van der Waals surface area contributed by atoms with Crippen LogP contribution in [0.4, 0.5) is 0 Å². The Bertz CT molecular complexity index is 851. The van der Waals surface area contributed by atoms with E-state index >= 15 is 0 Å². The van der Waals surface area contributed by atoms with Crippen LogP contribution in [0, 0.1) is 0 Å². The van der Waals surface area contributed by atoms with Gasteiger partial charge in [0.05, 0.1) is 6.61 Å². The molecular weight excluding hydrogens is 402 g/mol. The molecule has 1 atom stereocenters. The van der Waals surface area contributed by atoms with Crippen LogP contribution in [0.2, 0.25) is 5.02 Å². The average molecular weight is 430 g/mol. The number of allylic oxidation sites excluding steroid dienone is 2. The van der Waals surface area contributed by atoms with Crippen molar-refractivity contribution in [3.63, 3.8) is 0 Å². The molecule has 0 aromatic heterocycles. The smallest absolute Gasteiger partial charge is 0.120 e. The summed E-state index contributed by atoms with van der Waals surface area (Å²) in [5.74, 6) is 0.801. The molecule has 0 bridgehead atoms. The molecule has 0 amide bonds. The van der Waals surface area contributed by atoms with Crippen molar-refractivity contribution in [1.82, 2.24) is 0 Å². The third kappa shape index (κ3) is 8.11. The number of hydrogen-bond acceptors (Lipinski definition) is 4. The molecule has 0 radical (unpaired) electrons. The standard InChI is InChI=1S/C24H28ClNO2S/c1-3-7-18(4-2)17-28-21-10-6-11-22(14-21)29-23-13-12-19(24(25)15-23)8-5-9-20(26)16-27/h3-4,6-7,10-15,20,27H,1-2,5,8-9,16-17,26H2/b18-7+. The number of benzene rings is 2. The maximum Gasteiger partial charge on any atom is 0.120 e. The molecule has 3 nitrogen and oxygen atoms in total. The fourth-order valence-electron chi connectivity index (χ4n) is 2.70. The van der Waals surface area contributed by atoms with Gasteiger partial charge in [-0.2, -0.15) is 0 Å². The van der Waals surface area contributed by atoms with Crippen molar-refractivity contribution < 1.29 is 9.84 Å². The van der Waals surface area contributed by atoms with E-state index in [1.165, 1.54) is 0 Å². The van der Waals surface area contributed by atoms with Gasteiger partial charge in [0, 0.05) is 20.9 Å². The Hall–Kier alpha value is -1.98. The van der Waals surface area contributed by atoms with Gasteiger partial charge in [-0.1, -0.05) is 66.9 Å². The van der Waals surface area contributed by atoms with Crippen molar-refractivity contribution in [1.29, 1.82) is 0 Å². The topological polar surface area (TPSA) is 55.5 Å². The van der Waals surface area contributed by atoms with Crippen molar-refractivity contribution in [2.45, 2.75) is 35.1 Å². The van der Waals surface area contributed by atoms with Gasteiger partial charge in [0.15, 0.2) is 0 Å². The van der Waals surface area contributed by atoms with E-state index in [-0.39, 0.29) is 12.6 Å². The van der Waals surface area contributed by atoms with Gasteiger partial charge >= 0.3 is 0 Å². The van der Waals surface area contributed by atoms with E-state index in [2.05, 4.69) is 25.3 Å². The van der Waals surface area contributed by atoms with Gasteiger partial charge in [0.2, 0.25) is 0 Å². The molecule has 0 saturated carbocycles. The monoisotopic (exact) mass is 429 g/mol. The molecule has 0 heterocycles. The number of rotatable bonds is 12. The minimum atomic E-state index is -0.159. The second-order valence-electron chi connectivity index (χ2n) is 6.64. The number of aliphatic hydroxyl groups is 1. The molecule has 0 fully saturated rings. The zero-order chi connectivity index (χ0) is 21.1. The fourth-order valence-corrected chi connectivity index (χ4v) is 3.94. The average Bonchev–Trinajstić information content (AvgIpc) is 2.72. The predicted octanol–water partition coefficient (Wildman–Crippen LogP) is 5.81. The lowest BCUT2D eigenvalue weighted by atomic mass is 10.1. The summed E-state index contributed by atoms with van der Waals surface area (Å²) < 4.78 is 5.85. The van der Waals surface area contributed by atoms with E-state index in [1.807, 2.05) is 36.4 Å².